The van der Waals surface area contributed by atoms with Crippen molar-refractivity contribution in [1.82, 2.24) is 9.55 Å². The topological polar surface area (TPSA) is 44.1 Å². The van der Waals surface area contributed by atoms with Crippen molar-refractivity contribution in [2.24, 2.45) is 0 Å². The Balaban J connectivity index is 2.27. The minimum absolute atomic E-state index is 0.140. The van der Waals surface area contributed by atoms with Crippen LogP contribution in [0.25, 0.3) is 0 Å². The van der Waals surface area contributed by atoms with E-state index in [2.05, 4.69) is 9.72 Å². The summed E-state index contributed by atoms with van der Waals surface area (Å²) in [7, 11) is 0. The van der Waals surface area contributed by atoms with Crippen LogP contribution in [-0.2, 0) is 11.3 Å². The molecule has 0 amide bonds. The molecule has 0 aromatic carbocycles. The third kappa shape index (κ3) is 3.21. The van der Waals surface area contributed by atoms with Gasteiger partial charge in [-0.05, 0) is 0 Å². The fraction of sp³-hybridized carbons (Fsp3) is 0.500. The first-order valence-electron chi connectivity index (χ1n) is 4.05. The number of nitrogens with zero attached hydrogens (tertiary/aromatic N) is 2. The first-order valence-corrected chi connectivity index (χ1v) is 4.05. The number of aromatic nitrogens is 2. The fourth-order valence-electron chi connectivity index (χ4n) is 0.951. The van der Waals surface area contributed by atoms with E-state index in [0.29, 0.717) is 18.5 Å². The maximum Gasteiger partial charge on any atom is 0.261 e. The van der Waals surface area contributed by atoms with Gasteiger partial charge in [0, 0.05) is 6.54 Å². The molecular formula is C8H10F2N2O2. The third-order valence-corrected chi connectivity index (χ3v) is 1.59. The summed E-state index contributed by atoms with van der Waals surface area (Å²) < 4.78 is 29.5. The van der Waals surface area contributed by atoms with Crippen LogP contribution in [0.1, 0.15) is 10.5 Å². The highest BCUT2D eigenvalue weighted by molar-refractivity contribution is 5.71. The van der Waals surface area contributed by atoms with Crippen molar-refractivity contribution in [1.29, 1.82) is 0 Å². The van der Waals surface area contributed by atoms with Gasteiger partial charge in [0.2, 0.25) is 0 Å². The van der Waals surface area contributed by atoms with Gasteiger partial charge < -0.3 is 9.30 Å². The fourth-order valence-corrected chi connectivity index (χ4v) is 0.951. The van der Waals surface area contributed by atoms with Crippen molar-refractivity contribution < 1.29 is 18.3 Å². The van der Waals surface area contributed by atoms with E-state index in [4.69, 9.17) is 0 Å². The highest BCUT2D eigenvalue weighted by Gasteiger charge is 2.03. The van der Waals surface area contributed by atoms with E-state index < -0.39 is 13.0 Å². The molecule has 4 nitrogen and oxygen atoms in total. The number of hydrogen-bond donors (Lipinski definition) is 0. The molecular weight excluding hydrogens is 194 g/mol. The molecule has 0 aliphatic carbocycles. The summed E-state index contributed by atoms with van der Waals surface area (Å²) in [6, 6.07) is 0. The van der Waals surface area contributed by atoms with Gasteiger partial charge >= 0.3 is 0 Å². The van der Waals surface area contributed by atoms with Crippen molar-refractivity contribution in [3.63, 3.8) is 0 Å². The van der Waals surface area contributed by atoms with Crippen LogP contribution in [0.4, 0.5) is 8.78 Å². The van der Waals surface area contributed by atoms with Gasteiger partial charge in [0.1, 0.15) is 12.3 Å². The Labute approximate surface area is 79.5 Å². The molecule has 0 bridgehead atoms. The quantitative estimate of drug-likeness (QED) is 0.512. The molecule has 1 aromatic rings. The van der Waals surface area contributed by atoms with Crippen LogP contribution < -0.4 is 0 Å². The van der Waals surface area contributed by atoms with E-state index in [0.717, 1.165) is 0 Å². The molecule has 0 radical (unpaired) electrons. The summed E-state index contributed by atoms with van der Waals surface area (Å²) in [6.45, 7) is -0.0898. The van der Waals surface area contributed by atoms with Crippen molar-refractivity contribution in [3.8, 4) is 0 Å². The van der Waals surface area contributed by atoms with Gasteiger partial charge in [0.25, 0.3) is 6.43 Å². The number of alkyl halides is 2. The van der Waals surface area contributed by atoms with Gasteiger partial charge in [-0.25, -0.2) is 13.8 Å². The van der Waals surface area contributed by atoms with Crippen LogP contribution in [0.5, 0.6) is 0 Å². The SMILES string of the molecule is O=Cc1cncn1CCOCC(F)F. The van der Waals surface area contributed by atoms with E-state index in [1.807, 2.05) is 0 Å². The van der Waals surface area contributed by atoms with Crippen molar-refractivity contribution in [2.75, 3.05) is 13.2 Å². The maximum absolute atomic E-state index is 11.6. The smallest absolute Gasteiger partial charge is 0.261 e. The molecule has 0 atom stereocenters. The van der Waals surface area contributed by atoms with Gasteiger partial charge in [-0.1, -0.05) is 0 Å². The Morgan fingerprint density at radius 2 is 2.43 bits per heavy atom. The zero-order valence-electron chi connectivity index (χ0n) is 7.40. The lowest BCUT2D eigenvalue weighted by atomic mass is 10.5. The number of halogens is 2. The zero-order chi connectivity index (χ0) is 10.4. The first kappa shape index (κ1) is 10.8. The molecule has 0 aliphatic rings. The Morgan fingerprint density at radius 3 is 3.07 bits per heavy atom. The van der Waals surface area contributed by atoms with E-state index in [1.165, 1.54) is 12.5 Å². The van der Waals surface area contributed by atoms with Gasteiger partial charge in [0.05, 0.1) is 19.1 Å². The van der Waals surface area contributed by atoms with Crippen LogP contribution in [0.2, 0.25) is 0 Å². The van der Waals surface area contributed by atoms with Gasteiger partial charge in [-0.3, -0.25) is 4.79 Å². The van der Waals surface area contributed by atoms with Crippen LogP contribution in [-0.4, -0.2) is 35.5 Å². The predicted molar refractivity (Wildman–Crippen MR) is 44.4 cm³/mol. The molecule has 0 saturated carbocycles. The number of carbonyl (C=O) groups excluding carboxylic acids is 1. The van der Waals surface area contributed by atoms with Crippen molar-refractivity contribution >= 4 is 6.29 Å². The number of carbonyl (C=O) groups is 1. The number of rotatable bonds is 6. The predicted octanol–water partition coefficient (Wildman–Crippen LogP) is 0.977. The summed E-state index contributed by atoms with van der Waals surface area (Å²) >= 11 is 0. The maximum atomic E-state index is 11.6. The van der Waals surface area contributed by atoms with E-state index in [1.54, 1.807) is 4.57 Å². The molecule has 0 spiro atoms. The molecule has 1 heterocycles. The molecule has 0 N–H and O–H groups in total. The number of aldehydes is 1. The van der Waals surface area contributed by atoms with E-state index in [9.17, 15) is 13.6 Å². The zero-order valence-corrected chi connectivity index (χ0v) is 7.40. The van der Waals surface area contributed by atoms with Crippen LogP contribution in [0.3, 0.4) is 0 Å². The second-order valence-electron chi connectivity index (χ2n) is 2.60. The van der Waals surface area contributed by atoms with Crippen LogP contribution in [0.15, 0.2) is 12.5 Å². The monoisotopic (exact) mass is 204 g/mol. The van der Waals surface area contributed by atoms with E-state index >= 15 is 0 Å². The lowest BCUT2D eigenvalue weighted by Crippen LogP contribution is -2.11. The molecule has 0 saturated heterocycles. The summed E-state index contributed by atoms with van der Waals surface area (Å²) in [4.78, 5) is 14.1. The molecule has 0 fully saturated rings. The standard InChI is InChI=1S/C8H10F2N2O2/c9-8(10)5-14-2-1-12-6-11-3-7(12)4-13/h3-4,6,8H,1-2,5H2. The highest BCUT2D eigenvalue weighted by Crippen LogP contribution is 1.97. The average Bonchev–Trinajstić information content (AvgIpc) is 2.59. The van der Waals surface area contributed by atoms with Crippen molar-refractivity contribution in [2.45, 2.75) is 13.0 Å². The second kappa shape index (κ2) is 5.43. The number of ether oxygens (including phenoxy) is 1. The summed E-state index contributed by atoms with van der Waals surface area (Å²) in [6.07, 6.45) is 1.05. The van der Waals surface area contributed by atoms with Crippen LogP contribution in [0, 0.1) is 0 Å². The summed E-state index contributed by atoms with van der Waals surface area (Å²) in [5, 5.41) is 0. The summed E-state index contributed by atoms with van der Waals surface area (Å²) in [5.41, 5.74) is 0.408. The summed E-state index contributed by atoms with van der Waals surface area (Å²) in [5.74, 6) is 0. The molecule has 0 unspecified atom stereocenters. The largest absolute Gasteiger partial charge is 0.374 e. The number of hydrogen-bond acceptors (Lipinski definition) is 3. The molecule has 1 aromatic heterocycles. The van der Waals surface area contributed by atoms with Gasteiger partial charge in [0.15, 0.2) is 6.29 Å². The Kier molecular flexibility index (Phi) is 4.18. The Bertz CT molecular complexity index is 289. The Morgan fingerprint density at radius 1 is 1.64 bits per heavy atom. The molecule has 1 rings (SSSR count). The second-order valence-corrected chi connectivity index (χ2v) is 2.60. The van der Waals surface area contributed by atoms with Gasteiger partial charge in [-0.2, -0.15) is 0 Å². The van der Waals surface area contributed by atoms with Crippen LogP contribution >= 0.6 is 0 Å². The lowest BCUT2D eigenvalue weighted by Gasteiger charge is -2.05. The van der Waals surface area contributed by atoms with Gasteiger partial charge in [-0.15, -0.1) is 0 Å². The average molecular weight is 204 g/mol. The molecule has 6 heteroatoms. The minimum atomic E-state index is -2.46. The number of imidazole rings is 1. The molecule has 78 valence electrons. The normalized spacial score (nSPS) is 10.8. The molecule has 0 aliphatic heterocycles. The Hall–Kier alpha value is -1.30. The van der Waals surface area contributed by atoms with Crippen molar-refractivity contribution in [3.05, 3.63) is 18.2 Å². The minimum Gasteiger partial charge on any atom is -0.374 e. The molecule has 14 heavy (non-hydrogen) atoms. The lowest BCUT2D eigenvalue weighted by molar-refractivity contribution is 0.0146. The third-order valence-electron chi connectivity index (χ3n) is 1.59. The first-order chi connectivity index (χ1) is 6.74. The highest BCUT2D eigenvalue weighted by atomic mass is 19.3. The van der Waals surface area contributed by atoms with E-state index in [-0.39, 0.29) is 6.61 Å².